The zero-order chi connectivity index (χ0) is 15.8. The minimum Gasteiger partial charge on any atom is -0.487 e. The molecule has 5 heteroatoms. The van der Waals surface area contributed by atoms with Crippen molar-refractivity contribution in [1.82, 2.24) is 0 Å². The summed E-state index contributed by atoms with van der Waals surface area (Å²) in [5.74, 6) is 0.0578. The summed E-state index contributed by atoms with van der Waals surface area (Å²) in [6.45, 7) is 13.2. The summed E-state index contributed by atoms with van der Waals surface area (Å²) >= 11 is 0. The van der Waals surface area contributed by atoms with E-state index in [1.54, 1.807) is 18.2 Å². The van der Waals surface area contributed by atoms with Crippen molar-refractivity contribution in [1.29, 1.82) is 0 Å². The van der Waals surface area contributed by atoms with Crippen LogP contribution in [0.5, 0.6) is 5.75 Å². The number of benzene rings is 1. The molecule has 114 valence electrons. The molecule has 3 nitrogen and oxygen atoms in total. The van der Waals surface area contributed by atoms with E-state index >= 15 is 0 Å². The molecule has 1 aromatic rings. The number of ether oxygens (including phenoxy) is 1. The molecule has 21 heavy (non-hydrogen) atoms. The molecule has 1 aliphatic rings. The van der Waals surface area contributed by atoms with E-state index in [4.69, 9.17) is 14.0 Å². The molecule has 0 aromatic heterocycles. The van der Waals surface area contributed by atoms with Crippen molar-refractivity contribution in [2.45, 2.75) is 51.9 Å². The molecule has 1 atom stereocenters. The van der Waals surface area contributed by atoms with E-state index in [0.717, 1.165) is 0 Å². The molecular weight excluding hydrogens is 270 g/mol. The molecule has 0 N–H and O–H groups in total. The van der Waals surface area contributed by atoms with Crippen LogP contribution in [0, 0.1) is 5.82 Å². The van der Waals surface area contributed by atoms with Crippen molar-refractivity contribution in [3.8, 4) is 5.75 Å². The van der Waals surface area contributed by atoms with E-state index in [9.17, 15) is 4.39 Å². The summed E-state index contributed by atoms with van der Waals surface area (Å²) < 4.78 is 31.5. The average Bonchev–Trinajstić information content (AvgIpc) is 2.58. The van der Waals surface area contributed by atoms with E-state index in [-0.39, 0.29) is 6.10 Å². The van der Waals surface area contributed by atoms with Gasteiger partial charge in [-0.3, -0.25) is 0 Å². The van der Waals surface area contributed by atoms with Crippen LogP contribution in [-0.4, -0.2) is 24.4 Å². The van der Waals surface area contributed by atoms with Crippen LogP contribution < -0.4 is 10.2 Å². The van der Waals surface area contributed by atoms with Gasteiger partial charge in [-0.25, -0.2) is 4.39 Å². The van der Waals surface area contributed by atoms with Crippen LogP contribution in [0.15, 0.2) is 30.9 Å². The molecule has 0 bridgehead atoms. The normalized spacial score (nSPS) is 21.1. The highest BCUT2D eigenvalue weighted by atomic mass is 19.1. The Morgan fingerprint density at radius 1 is 1.24 bits per heavy atom. The zero-order valence-corrected chi connectivity index (χ0v) is 13.3. The third-order valence-electron chi connectivity index (χ3n) is 4.13. The highest BCUT2D eigenvalue weighted by Gasteiger charge is 2.52. The van der Waals surface area contributed by atoms with E-state index in [1.165, 1.54) is 6.07 Å². The van der Waals surface area contributed by atoms with Crippen LogP contribution in [0.3, 0.4) is 0 Å². The van der Waals surface area contributed by atoms with Crippen molar-refractivity contribution in [2.75, 3.05) is 0 Å². The fourth-order valence-electron chi connectivity index (χ4n) is 2.01. The SMILES string of the molecule is C=CC(C)Oc1ccc(B2OC(C)(C)C(C)(C)O2)c(F)c1. The molecule has 2 rings (SSSR count). The predicted molar refractivity (Wildman–Crippen MR) is 82.4 cm³/mol. The van der Waals surface area contributed by atoms with Crippen LogP contribution in [0.25, 0.3) is 0 Å². The van der Waals surface area contributed by atoms with Crippen molar-refractivity contribution < 1.29 is 18.4 Å². The lowest BCUT2D eigenvalue weighted by Crippen LogP contribution is -2.41. The molecule has 0 spiro atoms. The van der Waals surface area contributed by atoms with Crippen LogP contribution >= 0.6 is 0 Å². The fraction of sp³-hybridized carbons (Fsp3) is 0.500. The molecule has 1 aromatic carbocycles. The Kier molecular flexibility index (Phi) is 4.18. The Bertz CT molecular complexity index is 526. The van der Waals surface area contributed by atoms with Gasteiger partial charge in [-0.2, -0.15) is 0 Å². The number of rotatable bonds is 4. The summed E-state index contributed by atoms with van der Waals surface area (Å²) in [7, 11) is -0.708. The van der Waals surface area contributed by atoms with Gasteiger partial charge in [0.2, 0.25) is 0 Å². The largest absolute Gasteiger partial charge is 0.497 e. The number of halogens is 1. The molecule has 0 radical (unpaired) electrons. The van der Waals surface area contributed by atoms with E-state index in [1.807, 2.05) is 34.6 Å². The van der Waals surface area contributed by atoms with Crippen LogP contribution in [0.4, 0.5) is 4.39 Å². The quantitative estimate of drug-likeness (QED) is 0.630. The Balaban J connectivity index is 2.21. The lowest BCUT2D eigenvalue weighted by Gasteiger charge is -2.32. The Hall–Kier alpha value is -1.33. The van der Waals surface area contributed by atoms with E-state index < -0.39 is 24.1 Å². The van der Waals surface area contributed by atoms with Crippen molar-refractivity contribution in [3.05, 3.63) is 36.7 Å². The molecule has 1 heterocycles. The van der Waals surface area contributed by atoms with Gasteiger partial charge < -0.3 is 14.0 Å². The Morgan fingerprint density at radius 2 is 1.81 bits per heavy atom. The average molecular weight is 292 g/mol. The molecule has 1 fully saturated rings. The summed E-state index contributed by atoms with van der Waals surface area (Å²) in [4.78, 5) is 0. The minimum absolute atomic E-state index is 0.174. The summed E-state index contributed by atoms with van der Waals surface area (Å²) in [5.41, 5.74) is -0.597. The minimum atomic E-state index is -0.708. The predicted octanol–water partition coefficient (Wildman–Crippen LogP) is 3.08. The first kappa shape index (κ1) is 16.1. The molecule has 0 aliphatic carbocycles. The van der Waals surface area contributed by atoms with Gasteiger partial charge in [-0.05, 0) is 40.7 Å². The molecule has 0 saturated carbocycles. The topological polar surface area (TPSA) is 27.7 Å². The molecule has 1 saturated heterocycles. The Morgan fingerprint density at radius 3 is 2.29 bits per heavy atom. The van der Waals surface area contributed by atoms with Crippen LogP contribution in [0.1, 0.15) is 34.6 Å². The van der Waals surface area contributed by atoms with Crippen molar-refractivity contribution >= 4 is 12.6 Å². The van der Waals surface area contributed by atoms with Crippen LogP contribution in [0.2, 0.25) is 0 Å². The summed E-state index contributed by atoms with van der Waals surface area (Å²) in [6.07, 6.45) is 1.48. The summed E-state index contributed by atoms with van der Waals surface area (Å²) in [5, 5.41) is 0. The second kappa shape index (κ2) is 5.46. The van der Waals surface area contributed by atoms with Gasteiger partial charge in [0.15, 0.2) is 0 Å². The van der Waals surface area contributed by atoms with Crippen LogP contribution in [-0.2, 0) is 9.31 Å². The van der Waals surface area contributed by atoms with Gasteiger partial charge in [-0.1, -0.05) is 18.7 Å². The highest BCUT2D eigenvalue weighted by Crippen LogP contribution is 2.36. The van der Waals surface area contributed by atoms with Gasteiger partial charge >= 0.3 is 7.12 Å². The maximum Gasteiger partial charge on any atom is 0.497 e. The van der Waals surface area contributed by atoms with Gasteiger partial charge in [-0.15, -0.1) is 0 Å². The van der Waals surface area contributed by atoms with E-state index in [2.05, 4.69) is 6.58 Å². The second-order valence-corrected chi connectivity index (χ2v) is 6.33. The molecular formula is C16H22BFO3. The molecule has 0 amide bonds. The number of hydrogen-bond donors (Lipinski definition) is 0. The lowest BCUT2D eigenvalue weighted by molar-refractivity contribution is 0.00578. The smallest absolute Gasteiger partial charge is 0.487 e. The monoisotopic (exact) mass is 292 g/mol. The maximum atomic E-state index is 14.3. The Labute approximate surface area is 126 Å². The van der Waals surface area contributed by atoms with Crippen molar-refractivity contribution in [2.24, 2.45) is 0 Å². The number of hydrogen-bond acceptors (Lipinski definition) is 3. The molecule has 1 unspecified atom stereocenters. The van der Waals surface area contributed by atoms with Gasteiger partial charge in [0.25, 0.3) is 0 Å². The first-order chi connectivity index (χ1) is 9.66. The van der Waals surface area contributed by atoms with E-state index in [0.29, 0.717) is 11.2 Å². The first-order valence-electron chi connectivity index (χ1n) is 7.10. The zero-order valence-electron chi connectivity index (χ0n) is 13.3. The first-order valence-corrected chi connectivity index (χ1v) is 7.10. The van der Waals surface area contributed by atoms with Gasteiger partial charge in [0, 0.05) is 11.5 Å². The lowest BCUT2D eigenvalue weighted by atomic mass is 9.78. The highest BCUT2D eigenvalue weighted by molar-refractivity contribution is 6.62. The summed E-state index contributed by atoms with van der Waals surface area (Å²) in [6, 6.07) is 4.70. The molecule has 1 aliphatic heterocycles. The standard InChI is InChI=1S/C16H22BFO3/c1-7-11(2)19-12-8-9-13(14(18)10-12)17-20-15(3,4)16(5,6)21-17/h7-11H,1H2,2-6H3. The maximum absolute atomic E-state index is 14.3. The van der Waals surface area contributed by atoms with Gasteiger partial charge in [0.1, 0.15) is 17.7 Å². The second-order valence-electron chi connectivity index (χ2n) is 6.33. The van der Waals surface area contributed by atoms with Gasteiger partial charge in [0.05, 0.1) is 11.2 Å². The third-order valence-corrected chi connectivity index (χ3v) is 4.13. The van der Waals surface area contributed by atoms with Crippen molar-refractivity contribution in [3.63, 3.8) is 0 Å². The fourth-order valence-corrected chi connectivity index (χ4v) is 2.01. The third kappa shape index (κ3) is 3.14.